The zero-order chi connectivity index (χ0) is 2.71. The average molecular weight is 111 g/mol. The van der Waals surface area contributed by atoms with Crippen molar-refractivity contribution in [2.24, 2.45) is 5.34 Å². The van der Waals surface area contributed by atoms with Crippen molar-refractivity contribution in [1.82, 2.24) is 0 Å². The van der Waals surface area contributed by atoms with E-state index < -0.39 is 0 Å². The fraction of sp³-hybridized carbons (Fsp3) is 0. The Kier molecular flexibility index (Phi) is 28.8. The van der Waals surface area contributed by atoms with E-state index in [0.717, 1.165) is 0 Å². The largest absolute Gasteiger partial charge is 0.379 e. The van der Waals surface area contributed by atoms with Gasteiger partial charge in [0.25, 0.3) is 0 Å². The molecule has 0 spiro atoms. The summed E-state index contributed by atoms with van der Waals surface area (Å²) in [5.41, 5.74) is 0. The molecule has 1 N–H and O–H groups in total. The molecule has 3 nitrogen and oxygen atoms in total. The molecular formula is HCuNO2. The summed E-state index contributed by atoms with van der Waals surface area (Å²) in [6.07, 6.45) is 0. The van der Waals surface area contributed by atoms with Gasteiger partial charge in [-0.3, -0.25) is 0 Å². The Labute approximate surface area is 33.4 Å². The van der Waals surface area contributed by atoms with Crippen molar-refractivity contribution in [2.45, 2.75) is 0 Å². The standard InChI is InChI=1S/Cu.HNO2/c;2-1-3/h;(H,2,3). The summed E-state index contributed by atoms with van der Waals surface area (Å²) in [7, 11) is 0. The second kappa shape index (κ2) is 12.7. The predicted molar refractivity (Wildman–Crippen MR) is 7.58 cm³/mol. The molecule has 0 saturated carbocycles. The second-order valence-corrected chi connectivity index (χ2v) is 0.0816. The first kappa shape index (κ1) is 9.07. The minimum absolute atomic E-state index is 0. The number of hydrogen-bond donors (Lipinski definition) is 1. The molecule has 0 heterocycles. The van der Waals surface area contributed by atoms with E-state index in [2.05, 4.69) is 0 Å². The first-order chi connectivity index (χ1) is 1.41. The van der Waals surface area contributed by atoms with Crippen LogP contribution in [0.3, 0.4) is 0 Å². The first-order valence-corrected chi connectivity index (χ1v) is 0.383. The number of hydrogen-bond acceptors (Lipinski definition) is 2. The maximum absolute atomic E-state index is 8.11. The van der Waals surface area contributed by atoms with E-state index in [4.69, 9.17) is 10.1 Å². The Hall–Kier alpha value is -0.0805. The summed E-state index contributed by atoms with van der Waals surface area (Å²) in [5.74, 6) is 0. The molecule has 0 aliphatic rings. The summed E-state index contributed by atoms with van der Waals surface area (Å²) in [6, 6.07) is 0. The third-order valence-electron chi connectivity index (χ3n) is 0. The zero-order valence-corrected chi connectivity index (χ0v) is 2.55. The molecular weight excluding hydrogens is 110 g/mol. The fourth-order valence-electron chi connectivity index (χ4n) is 0. The quantitative estimate of drug-likeness (QED) is 0.274. The molecule has 0 amide bonds. The first-order valence-electron chi connectivity index (χ1n) is 0.383. The van der Waals surface area contributed by atoms with Crippen molar-refractivity contribution >= 4 is 0 Å². The van der Waals surface area contributed by atoms with Gasteiger partial charge in [0.05, 0.1) is 0 Å². The van der Waals surface area contributed by atoms with Gasteiger partial charge >= 0.3 is 0 Å². The molecule has 4 heavy (non-hydrogen) atoms. The summed E-state index contributed by atoms with van der Waals surface area (Å²) in [4.78, 5) is 8.11. The van der Waals surface area contributed by atoms with Crippen LogP contribution < -0.4 is 0 Å². The molecule has 0 saturated heterocycles. The smallest absolute Gasteiger partial charge is 0.152 e. The van der Waals surface area contributed by atoms with Crippen LogP contribution in [0.1, 0.15) is 0 Å². The summed E-state index contributed by atoms with van der Waals surface area (Å²) < 4.78 is 0. The molecule has 0 bridgehead atoms. The number of nitrogens with zero attached hydrogens (tertiary/aromatic N) is 1. The Balaban J connectivity index is 0. The molecule has 0 unspecified atom stereocenters. The minimum atomic E-state index is 0. The van der Waals surface area contributed by atoms with Gasteiger partial charge in [0.1, 0.15) is 0 Å². The van der Waals surface area contributed by atoms with Crippen LogP contribution in [0.2, 0.25) is 0 Å². The fourth-order valence-corrected chi connectivity index (χ4v) is 0. The van der Waals surface area contributed by atoms with Gasteiger partial charge in [-0.05, 0) is 0 Å². The maximum Gasteiger partial charge on any atom is 0.152 e. The average Bonchev–Trinajstić information content (AvgIpc) is 0.918. The Bertz CT molecular complexity index is 13.5. The van der Waals surface area contributed by atoms with Crippen LogP contribution in [0, 0.1) is 4.91 Å². The Morgan fingerprint density at radius 2 is 1.75 bits per heavy atom. The van der Waals surface area contributed by atoms with Crippen LogP contribution in [0.5, 0.6) is 0 Å². The van der Waals surface area contributed by atoms with Crippen LogP contribution in [0.15, 0.2) is 5.34 Å². The SMILES string of the molecule is O=NO.[Cu]. The molecule has 1 radical (unpaired) electrons. The van der Waals surface area contributed by atoms with Crippen molar-refractivity contribution in [1.29, 1.82) is 0 Å². The van der Waals surface area contributed by atoms with E-state index in [1.54, 1.807) is 0 Å². The molecule has 4 heteroatoms. The molecule has 0 fully saturated rings. The van der Waals surface area contributed by atoms with Gasteiger partial charge in [0.2, 0.25) is 0 Å². The van der Waals surface area contributed by atoms with Gasteiger partial charge < -0.3 is 5.21 Å². The van der Waals surface area contributed by atoms with Crippen LogP contribution in [-0.4, -0.2) is 5.21 Å². The van der Waals surface area contributed by atoms with Crippen LogP contribution in [-0.2, 0) is 17.1 Å². The normalized spacial score (nSPS) is 3.00. The molecule has 0 aliphatic heterocycles. The molecule has 0 aliphatic carbocycles. The zero-order valence-electron chi connectivity index (χ0n) is 1.60. The molecule has 0 aromatic heterocycles. The minimum Gasteiger partial charge on any atom is -0.379 e. The molecule has 29 valence electrons. The maximum atomic E-state index is 8.11. The summed E-state index contributed by atoms with van der Waals surface area (Å²) >= 11 is 0. The van der Waals surface area contributed by atoms with Gasteiger partial charge in [-0.2, -0.15) is 0 Å². The van der Waals surface area contributed by atoms with E-state index in [1.165, 1.54) is 5.34 Å². The molecule has 0 aromatic rings. The van der Waals surface area contributed by atoms with E-state index >= 15 is 0 Å². The van der Waals surface area contributed by atoms with Crippen molar-refractivity contribution in [3.05, 3.63) is 4.91 Å². The number of rotatable bonds is 0. The van der Waals surface area contributed by atoms with Crippen LogP contribution in [0.4, 0.5) is 0 Å². The van der Waals surface area contributed by atoms with Crippen molar-refractivity contribution in [3.8, 4) is 0 Å². The third kappa shape index (κ3) is 250. The Morgan fingerprint density at radius 1 is 1.75 bits per heavy atom. The van der Waals surface area contributed by atoms with E-state index in [-0.39, 0.29) is 17.1 Å². The van der Waals surface area contributed by atoms with E-state index in [0.29, 0.717) is 0 Å². The topological polar surface area (TPSA) is 49.7 Å². The van der Waals surface area contributed by atoms with Gasteiger partial charge in [-0.1, -0.05) is 0 Å². The van der Waals surface area contributed by atoms with Crippen molar-refractivity contribution in [2.75, 3.05) is 0 Å². The second-order valence-electron chi connectivity index (χ2n) is 0.0816. The Morgan fingerprint density at radius 3 is 1.75 bits per heavy atom. The van der Waals surface area contributed by atoms with E-state index in [1.807, 2.05) is 0 Å². The van der Waals surface area contributed by atoms with Crippen molar-refractivity contribution in [3.63, 3.8) is 0 Å². The van der Waals surface area contributed by atoms with Crippen molar-refractivity contribution < 1.29 is 22.3 Å². The van der Waals surface area contributed by atoms with Gasteiger partial charge in [-0.15, -0.1) is 4.91 Å². The summed E-state index contributed by atoms with van der Waals surface area (Å²) in [6.45, 7) is 0. The van der Waals surface area contributed by atoms with Gasteiger partial charge in [0.15, 0.2) is 5.34 Å². The van der Waals surface area contributed by atoms with Gasteiger partial charge in [0, 0.05) is 17.1 Å². The summed E-state index contributed by atoms with van der Waals surface area (Å²) in [5, 5.41) is 7.89. The predicted octanol–water partition coefficient (Wildman–Crippen LogP) is 0.140. The monoisotopic (exact) mass is 110 g/mol. The third-order valence-corrected chi connectivity index (χ3v) is 0. The molecule has 0 atom stereocenters. The van der Waals surface area contributed by atoms with Gasteiger partial charge in [-0.25, -0.2) is 0 Å². The van der Waals surface area contributed by atoms with Crippen LogP contribution in [0.25, 0.3) is 0 Å². The van der Waals surface area contributed by atoms with E-state index in [9.17, 15) is 0 Å². The molecule has 0 rings (SSSR count). The molecule has 0 aromatic carbocycles. The van der Waals surface area contributed by atoms with Crippen LogP contribution >= 0.6 is 0 Å².